The van der Waals surface area contributed by atoms with Crippen molar-refractivity contribution in [2.24, 2.45) is 16.8 Å². The highest BCUT2D eigenvalue weighted by Gasteiger charge is 2.24. The van der Waals surface area contributed by atoms with Gasteiger partial charge in [0.05, 0.1) is 5.56 Å². The topological polar surface area (TPSA) is 95.0 Å². The van der Waals surface area contributed by atoms with Crippen LogP contribution in [0.4, 0.5) is 5.82 Å². The van der Waals surface area contributed by atoms with Gasteiger partial charge in [-0.05, 0) is 37.3 Å². The predicted molar refractivity (Wildman–Crippen MR) is 73.5 cm³/mol. The number of rotatable bonds is 3. The highest BCUT2D eigenvalue weighted by molar-refractivity contribution is 6.02. The fourth-order valence-electron chi connectivity index (χ4n) is 2.56. The molecule has 2 rings (SSSR count). The van der Waals surface area contributed by atoms with Crippen molar-refractivity contribution in [3.63, 3.8) is 0 Å². The lowest BCUT2D eigenvalue weighted by Crippen LogP contribution is -2.38. The monoisotopic (exact) mass is 264 g/mol. The fourth-order valence-corrected chi connectivity index (χ4v) is 2.56. The first-order valence-corrected chi connectivity index (χ1v) is 6.46. The molecule has 0 bridgehead atoms. The Bertz CT molecular complexity index is 476. The molecule has 1 saturated heterocycles. The third kappa shape index (κ3) is 2.78. The number of pyridine rings is 1. The number of aromatic nitrogens is 1. The molecule has 6 heteroatoms. The molecule has 1 fully saturated rings. The van der Waals surface area contributed by atoms with Crippen LogP contribution in [0.25, 0.3) is 0 Å². The van der Waals surface area contributed by atoms with Crippen molar-refractivity contribution in [1.29, 1.82) is 0 Å². The number of hydrogen-bond acceptors (Lipinski definition) is 5. The number of amidine groups is 1. The summed E-state index contributed by atoms with van der Waals surface area (Å²) < 4.78 is 0. The normalized spacial score (nSPS) is 20.6. The number of oxime groups is 1. The third-order valence-corrected chi connectivity index (χ3v) is 3.58. The van der Waals surface area contributed by atoms with Crippen LogP contribution >= 0.6 is 0 Å². The molecule has 1 aliphatic rings. The summed E-state index contributed by atoms with van der Waals surface area (Å²) in [5.41, 5.74) is 7.35. The third-order valence-electron chi connectivity index (χ3n) is 3.58. The summed E-state index contributed by atoms with van der Waals surface area (Å²) in [4.78, 5) is 6.48. The summed E-state index contributed by atoms with van der Waals surface area (Å²) in [5.74, 6) is 1.07. The average molecular weight is 264 g/mol. The number of nitrogens with two attached hydrogens (primary N) is 1. The lowest BCUT2D eigenvalue weighted by atomic mass is 9.98. The van der Waals surface area contributed by atoms with E-state index in [2.05, 4.69) is 15.0 Å². The zero-order chi connectivity index (χ0) is 13.8. The molecule has 4 N–H and O–H groups in total. The summed E-state index contributed by atoms with van der Waals surface area (Å²) >= 11 is 0. The Morgan fingerprint density at radius 3 is 3.11 bits per heavy atom. The van der Waals surface area contributed by atoms with Crippen LogP contribution < -0.4 is 10.6 Å². The van der Waals surface area contributed by atoms with Gasteiger partial charge in [-0.3, -0.25) is 0 Å². The van der Waals surface area contributed by atoms with Crippen LogP contribution in [0, 0.1) is 12.8 Å². The minimum Gasteiger partial charge on any atom is -0.409 e. The van der Waals surface area contributed by atoms with Gasteiger partial charge in [-0.25, -0.2) is 4.98 Å². The van der Waals surface area contributed by atoms with Crippen molar-refractivity contribution < 1.29 is 10.3 Å². The average Bonchev–Trinajstić information content (AvgIpc) is 2.46. The van der Waals surface area contributed by atoms with E-state index < -0.39 is 0 Å². The minimum atomic E-state index is 0.0757. The molecule has 2 heterocycles. The van der Waals surface area contributed by atoms with Crippen molar-refractivity contribution >= 4 is 11.7 Å². The Balaban J connectivity index is 2.36. The van der Waals surface area contributed by atoms with Crippen molar-refractivity contribution in [3.05, 3.63) is 23.4 Å². The van der Waals surface area contributed by atoms with Gasteiger partial charge in [0, 0.05) is 25.9 Å². The lowest BCUT2D eigenvalue weighted by molar-refractivity contribution is 0.208. The van der Waals surface area contributed by atoms with Crippen molar-refractivity contribution in [2.45, 2.75) is 19.8 Å². The molecule has 0 aliphatic carbocycles. The smallest absolute Gasteiger partial charge is 0.174 e. The highest BCUT2D eigenvalue weighted by atomic mass is 16.4. The SMILES string of the molecule is Cc1ccnc(N2CCCC(CO)C2)c1/C(N)=N/O. The Kier molecular flexibility index (Phi) is 4.21. The molecule has 1 aliphatic heterocycles. The van der Waals surface area contributed by atoms with Crippen LogP contribution in [-0.4, -0.2) is 40.8 Å². The number of aliphatic hydroxyl groups excluding tert-OH is 1. The zero-order valence-corrected chi connectivity index (χ0v) is 11.1. The van der Waals surface area contributed by atoms with Gasteiger partial charge < -0.3 is 20.9 Å². The molecule has 0 aromatic carbocycles. The maximum absolute atomic E-state index is 9.30. The standard InChI is InChI=1S/C13H20N4O2/c1-9-4-5-15-13(11(9)12(14)16-19)17-6-2-3-10(7-17)8-18/h4-5,10,18-19H,2-3,6-8H2,1H3,(H2,14,16). The number of piperidine rings is 1. The van der Waals surface area contributed by atoms with Gasteiger partial charge in [0.15, 0.2) is 5.84 Å². The molecule has 1 unspecified atom stereocenters. The first-order valence-electron chi connectivity index (χ1n) is 6.46. The summed E-state index contributed by atoms with van der Waals surface area (Å²) in [6.07, 6.45) is 3.76. The number of aryl methyl sites for hydroxylation is 1. The maximum atomic E-state index is 9.30. The van der Waals surface area contributed by atoms with Gasteiger partial charge in [0.2, 0.25) is 0 Å². The Hall–Kier alpha value is -1.82. The van der Waals surface area contributed by atoms with Gasteiger partial charge in [0.1, 0.15) is 5.82 Å². The molecule has 0 amide bonds. The van der Waals surface area contributed by atoms with E-state index in [0.717, 1.165) is 37.3 Å². The van der Waals surface area contributed by atoms with E-state index in [0.29, 0.717) is 5.56 Å². The first kappa shape index (κ1) is 13.6. The second kappa shape index (κ2) is 5.88. The van der Waals surface area contributed by atoms with E-state index >= 15 is 0 Å². The van der Waals surface area contributed by atoms with Gasteiger partial charge in [-0.15, -0.1) is 0 Å². The predicted octanol–water partition coefficient (Wildman–Crippen LogP) is 0.693. The molecular formula is C13H20N4O2. The molecule has 1 atom stereocenters. The largest absolute Gasteiger partial charge is 0.409 e. The van der Waals surface area contributed by atoms with E-state index in [9.17, 15) is 5.11 Å². The summed E-state index contributed by atoms with van der Waals surface area (Å²) in [7, 11) is 0. The molecule has 1 aromatic heterocycles. The van der Waals surface area contributed by atoms with E-state index in [-0.39, 0.29) is 18.4 Å². The van der Waals surface area contributed by atoms with Crippen LogP contribution in [0.5, 0.6) is 0 Å². The van der Waals surface area contributed by atoms with Crippen molar-refractivity contribution in [1.82, 2.24) is 4.98 Å². The van der Waals surface area contributed by atoms with Gasteiger partial charge in [0.25, 0.3) is 0 Å². The molecule has 1 aromatic rings. The molecule has 0 radical (unpaired) electrons. The zero-order valence-electron chi connectivity index (χ0n) is 11.1. The number of nitrogens with zero attached hydrogens (tertiary/aromatic N) is 3. The van der Waals surface area contributed by atoms with Gasteiger partial charge >= 0.3 is 0 Å². The summed E-state index contributed by atoms with van der Waals surface area (Å²) in [6.45, 7) is 3.71. The molecular weight excluding hydrogens is 244 g/mol. The van der Waals surface area contributed by atoms with Crippen LogP contribution in [0.1, 0.15) is 24.0 Å². The van der Waals surface area contributed by atoms with Crippen LogP contribution in [0.15, 0.2) is 17.4 Å². The lowest BCUT2D eigenvalue weighted by Gasteiger charge is -2.34. The Morgan fingerprint density at radius 2 is 2.42 bits per heavy atom. The summed E-state index contributed by atoms with van der Waals surface area (Å²) in [6, 6.07) is 1.84. The van der Waals surface area contributed by atoms with Gasteiger partial charge in [-0.2, -0.15) is 0 Å². The van der Waals surface area contributed by atoms with E-state index in [4.69, 9.17) is 10.9 Å². The highest BCUT2D eigenvalue weighted by Crippen LogP contribution is 2.26. The molecule has 104 valence electrons. The summed E-state index contributed by atoms with van der Waals surface area (Å²) in [5, 5.41) is 21.3. The maximum Gasteiger partial charge on any atom is 0.174 e. The number of aliphatic hydroxyl groups is 1. The van der Waals surface area contributed by atoms with Crippen LogP contribution in [0.3, 0.4) is 0 Å². The van der Waals surface area contributed by atoms with Gasteiger partial charge in [-0.1, -0.05) is 5.16 Å². The van der Waals surface area contributed by atoms with Crippen LogP contribution in [0.2, 0.25) is 0 Å². The van der Waals surface area contributed by atoms with E-state index in [1.165, 1.54) is 0 Å². The molecule has 6 nitrogen and oxygen atoms in total. The first-order chi connectivity index (χ1) is 9.17. The van der Waals surface area contributed by atoms with Crippen molar-refractivity contribution in [2.75, 3.05) is 24.6 Å². The molecule has 19 heavy (non-hydrogen) atoms. The molecule has 0 spiro atoms. The second-order valence-electron chi connectivity index (χ2n) is 4.95. The number of hydrogen-bond donors (Lipinski definition) is 3. The number of anilines is 1. The Morgan fingerprint density at radius 1 is 1.63 bits per heavy atom. The van der Waals surface area contributed by atoms with Crippen molar-refractivity contribution in [3.8, 4) is 0 Å². The van der Waals surface area contributed by atoms with E-state index in [1.54, 1.807) is 6.20 Å². The fraction of sp³-hybridized carbons (Fsp3) is 0.538. The molecule has 0 saturated carbocycles. The quantitative estimate of drug-likeness (QED) is 0.323. The second-order valence-corrected chi connectivity index (χ2v) is 4.95. The van der Waals surface area contributed by atoms with Crippen LogP contribution in [-0.2, 0) is 0 Å². The van der Waals surface area contributed by atoms with E-state index in [1.807, 2.05) is 13.0 Å². The Labute approximate surface area is 112 Å². The minimum absolute atomic E-state index is 0.0757.